The predicted molar refractivity (Wildman–Crippen MR) is 77.1 cm³/mol. The van der Waals surface area contributed by atoms with Crippen molar-refractivity contribution in [2.75, 3.05) is 0 Å². The zero-order valence-corrected chi connectivity index (χ0v) is 12.7. The smallest absolute Gasteiger partial charge is 0.344 e. The lowest BCUT2D eigenvalue weighted by Crippen LogP contribution is -2.57. The topological polar surface area (TPSA) is 130 Å². The molecule has 5 unspecified atom stereocenters. The number of carbonyl (C=O) groups excluding carboxylic acids is 1. The lowest BCUT2D eigenvalue weighted by molar-refractivity contribution is -0.276. The molecule has 0 aliphatic carbocycles. The number of ether oxygens (including phenoxy) is 2. The Morgan fingerprint density at radius 2 is 2.00 bits per heavy atom. The van der Waals surface area contributed by atoms with E-state index in [1.54, 1.807) is 13.0 Å². The second kappa shape index (κ2) is 7.24. The van der Waals surface area contributed by atoms with Crippen LogP contribution in [0.3, 0.4) is 0 Å². The standard InChI is InChI=1S/C15H20O8/c1-3-4-9-10(8(5-16)6-21-9)14(20)23-15-13(19)12(18)11(17)7(2)22-15/h3-4,6-7,11-13,15-19H,5H2,1-2H3. The Labute approximate surface area is 132 Å². The van der Waals surface area contributed by atoms with Gasteiger partial charge in [0.1, 0.15) is 29.6 Å². The summed E-state index contributed by atoms with van der Waals surface area (Å²) in [5.74, 6) is -0.684. The molecule has 0 bridgehead atoms. The lowest BCUT2D eigenvalue weighted by Gasteiger charge is -2.38. The van der Waals surface area contributed by atoms with Gasteiger partial charge in [0.05, 0.1) is 19.0 Å². The molecule has 128 valence electrons. The molecule has 8 nitrogen and oxygen atoms in total. The average Bonchev–Trinajstić information content (AvgIpc) is 2.93. The lowest BCUT2D eigenvalue weighted by atomic mass is 10.00. The van der Waals surface area contributed by atoms with Crippen LogP contribution in [0.4, 0.5) is 0 Å². The first-order valence-electron chi connectivity index (χ1n) is 7.15. The van der Waals surface area contributed by atoms with Crippen LogP contribution in [0.25, 0.3) is 6.08 Å². The second-order valence-electron chi connectivity index (χ2n) is 5.24. The molecule has 0 radical (unpaired) electrons. The van der Waals surface area contributed by atoms with Crippen molar-refractivity contribution in [1.29, 1.82) is 0 Å². The van der Waals surface area contributed by atoms with Crippen LogP contribution in [0.15, 0.2) is 16.8 Å². The van der Waals surface area contributed by atoms with Gasteiger partial charge in [0.15, 0.2) is 0 Å². The molecule has 1 aliphatic rings. The van der Waals surface area contributed by atoms with E-state index in [1.807, 2.05) is 0 Å². The highest BCUT2D eigenvalue weighted by atomic mass is 16.7. The van der Waals surface area contributed by atoms with Crippen molar-refractivity contribution < 1.29 is 39.1 Å². The maximum atomic E-state index is 12.3. The highest BCUT2D eigenvalue weighted by molar-refractivity contribution is 5.94. The van der Waals surface area contributed by atoms with Crippen LogP contribution in [0.2, 0.25) is 0 Å². The van der Waals surface area contributed by atoms with E-state index in [0.29, 0.717) is 0 Å². The molecule has 23 heavy (non-hydrogen) atoms. The number of hydrogen-bond donors (Lipinski definition) is 4. The summed E-state index contributed by atoms with van der Waals surface area (Å²) in [4.78, 5) is 12.3. The number of furan rings is 1. The van der Waals surface area contributed by atoms with Gasteiger partial charge >= 0.3 is 5.97 Å². The van der Waals surface area contributed by atoms with Crippen molar-refractivity contribution in [1.82, 2.24) is 0 Å². The Kier molecular flexibility index (Phi) is 5.55. The van der Waals surface area contributed by atoms with Crippen molar-refractivity contribution in [3.8, 4) is 0 Å². The van der Waals surface area contributed by atoms with Gasteiger partial charge in [-0.25, -0.2) is 4.79 Å². The van der Waals surface area contributed by atoms with E-state index in [2.05, 4.69) is 0 Å². The molecule has 5 atom stereocenters. The second-order valence-corrected chi connectivity index (χ2v) is 5.24. The molecule has 0 saturated carbocycles. The van der Waals surface area contributed by atoms with E-state index in [4.69, 9.17) is 13.9 Å². The minimum absolute atomic E-state index is 0.00895. The van der Waals surface area contributed by atoms with E-state index in [1.165, 1.54) is 19.3 Å². The molecule has 8 heteroatoms. The number of aliphatic hydroxyl groups is 4. The maximum Gasteiger partial charge on any atom is 0.344 e. The van der Waals surface area contributed by atoms with E-state index in [-0.39, 0.29) is 16.9 Å². The average molecular weight is 328 g/mol. The highest BCUT2D eigenvalue weighted by Crippen LogP contribution is 2.25. The molecule has 4 N–H and O–H groups in total. The fraction of sp³-hybridized carbons (Fsp3) is 0.533. The van der Waals surface area contributed by atoms with Gasteiger partial charge in [-0.1, -0.05) is 6.08 Å². The number of hydrogen-bond acceptors (Lipinski definition) is 8. The molecule has 1 aliphatic heterocycles. The highest BCUT2D eigenvalue weighted by Gasteiger charge is 2.44. The van der Waals surface area contributed by atoms with Crippen LogP contribution in [-0.2, 0) is 16.1 Å². The zero-order valence-electron chi connectivity index (χ0n) is 12.7. The number of rotatable bonds is 4. The number of carbonyl (C=O) groups is 1. The molecular weight excluding hydrogens is 308 g/mol. The van der Waals surface area contributed by atoms with Crippen LogP contribution < -0.4 is 0 Å². The van der Waals surface area contributed by atoms with Gasteiger partial charge in [-0.15, -0.1) is 0 Å². The Hall–Kier alpha value is -1.71. The minimum Gasteiger partial charge on any atom is -0.464 e. The fourth-order valence-corrected chi connectivity index (χ4v) is 2.31. The van der Waals surface area contributed by atoms with E-state index < -0.39 is 43.3 Å². The molecule has 0 amide bonds. The molecule has 0 spiro atoms. The van der Waals surface area contributed by atoms with Crippen LogP contribution in [0.1, 0.15) is 35.5 Å². The van der Waals surface area contributed by atoms with Crippen molar-refractivity contribution in [2.45, 2.75) is 51.2 Å². The third kappa shape index (κ3) is 3.46. The van der Waals surface area contributed by atoms with Gasteiger partial charge in [-0.3, -0.25) is 0 Å². The van der Waals surface area contributed by atoms with E-state index in [9.17, 15) is 25.2 Å². The van der Waals surface area contributed by atoms with Gasteiger partial charge in [-0.2, -0.15) is 0 Å². The monoisotopic (exact) mass is 328 g/mol. The summed E-state index contributed by atoms with van der Waals surface area (Å²) >= 11 is 0. The third-order valence-corrected chi connectivity index (χ3v) is 3.62. The van der Waals surface area contributed by atoms with Crippen LogP contribution >= 0.6 is 0 Å². The van der Waals surface area contributed by atoms with Crippen molar-refractivity contribution in [3.05, 3.63) is 29.2 Å². The molecule has 1 aromatic rings. The third-order valence-electron chi connectivity index (χ3n) is 3.62. The summed E-state index contributed by atoms with van der Waals surface area (Å²) in [6.45, 7) is 2.77. The van der Waals surface area contributed by atoms with Crippen molar-refractivity contribution in [3.63, 3.8) is 0 Å². The molecule has 2 rings (SSSR count). The summed E-state index contributed by atoms with van der Waals surface area (Å²) in [6, 6.07) is 0. The molecule has 1 aromatic heterocycles. The zero-order chi connectivity index (χ0) is 17.1. The normalized spacial score (nSPS) is 31.5. The largest absolute Gasteiger partial charge is 0.464 e. The number of esters is 1. The summed E-state index contributed by atoms with van der Waals surface area (Å²) in [7, 11) is 0. The SMILES string of the molecule is CC=Cc1occ(CO)c1C(=O)OC1OC(C)C(O)C(O)C1O. The Morgan fingerprint density at radius 3 is 2.61 bits per heavy atom. The predicted octanol–water partition coefficient (Wildman–Crippen LogP) is -0.211. The first-order valence-corrected chi connectivity index (χ1v) is 7.15. The minimum atomic E-state index is -1.60. The summed E-state index contributed by atoms with van der Waals surface area (Å²) in [5.41, 5.74) is 0.233. The van der Waals surface area contributed by atoms with Gasteiger partial charge in [0.2, 0.25) is 6.29 Å². The summed E-state index contributed by atoms with van der Waals surface area (Å²) in [6.07, 6.45) is -2.28. The number of allylic oxidation sites excluding steroid dienone is 1. The summed E-state index contributed by atoms with van der Waals surface area (Å²) < 4.78 is 15.5. The van der Waals surface area contributed by atoms with Crippen LogP contribution in [-0.4, -0.2) is 57.1 Å². The molecular formula is C15H20O8. The van der Waals surface area contributed by atoms with E-state index >= 15 is 0 Å². The Bertz CT molecular complexity index is 578. The van der Waals surface area contributed by atoms with Gasteiger partial charge in [0, 0.05) is 5.56 Å². The molecule has 2 heterocycles. The fourth-order valence-electron chi connectivity index (χ4n) is 2.31. The first kappa shape index (κ1) is 17.6. The summed E-state index contributed by atoms with van der Waals surface area (Å²) in [5, 5.41) is 38.5. The van der Waals surface area contributed by atoms with E-state index in [0.717, 1.165) is 0 Å². The maximum absolute atomic E-state index is 12.3. The van der Waals surface area contributed by atoms with Crippen LogP contribution in [0.5, 0.6) is 0 Å². The molecule has 1 saturated heterocycles. The first-order chi connectivity index (χ1) is 10.9. The van der Waals surface area contributed by atoms with Crippen molar-refractivity contribution in [2.24, 2.45) is 0 Å². The molecule has 1 fully saturated rings. The Balaban J connectivity index is 2.20. The molecule has 0 aromatic carbocycles. The van der Waals surface area contributed by atoms with Crippen LogP contribution in [0, 0.1) is 0 Å². The van der Waals surface area contributed by atoms with Gasteiger partial charge in [0.25, 0.3) is 0 Å². The van der Waals surface area contributed by atoms with Gasteiger partial charge in [-0.05, 0) is 19.9 Å². The quantitative estimate of drug-likeness (QED) is 0.559. The number of aliphatic hydroxyl groups excluding tert-OH is 4. The Morgan fingerprint density at radius 1 is 1.30 bits per heavy atom. The van der Waals surface area contributed by atoms with Crippen molar-refractivity contribution >= 4 is 12.0 Å². The van der Waals surface area contributed by atoms with Gasteiger partial charge < -0.3 is 34.3 Å².